The lowest BCUT2D eigenvalue weighted by Crippen LogP contribution is -2.38. The molecule has 1 aliphatic heterocycles. The molecule has 0 unspecified atom stereocenters. The van der Waals surface area contributed by atoms with Crippen LogP contribution in [0.25, 0.3) is 5.65 Å². The zero-order valence-corrected chi connectivity index (χ0v) is 22.1. The number of fused-ring (bicyclic) bond motifs is 1. The molecule has 196 valence electrons. The Kier molecular flexibility index (Phi) is 7.97. The van der Waals surface area contributed by atoms with E-state index in [0.29, 0.717) is 11.5 Å². The van der Waals surface area contributed by atoms with Gasteiger partial charge in [0, 0.05) is 19.6 Å². The molecule has 0 amide bonds. The highest BCUT2D eigenvalue weighted by Crippen LogP contribution is 2.30. The van der Waals surface area contributed by atoms with Crippen molar-refractivity contribution in [1.82, 2.24) is 24.7 Å². The van der Waals surface area contributed by atoms with Gasteiger partial charge in [-0.3, -0.25) is 0 Å². The minimum absolute atomic E-state index is 0.0343. The Labute approximate surface area is 224 Å². The first-order valence-corrected chi connectivity index (χ1v) is 13.4. The molecule has 1 saturated heterocycles. The van der Waals surface area contributed by atoms with E-state index >= 15 is 0 Å². The Bertz CT molecular complexity index is 1320. The normalized spacial score (nSPS) is 15.1. The SMILES string of the molecule is CC(C)(C#N)c1nnc2ccc(NCCCN3CCC(OC(c4ccccc4)c4ccccc4)CC3)nn12. The molecule has 1 N–H and O–H groups in total. The van der Waals surface area contributed by atoms with Crippen LogP contribution in [0.15, 0.2) is 72.8 Å². The molecule has 0 aliphatic carbocycles. The van der Waals surface area contributed by atoms with Crippen molar-refractivity contribution in [3.8, 4) is 6.07 Å². The van der Waals surface area contributed by atoms with Gasteiger partial charge >= 0.3 is 0 Å². The Hall–Kier alpha value is -3.80. The summed E-state index contributed by atoms with van der Waals surface area (Å²) in [7, 11) is 0. The van der Waals surface area contributed by atoms with Gasteiger partial charge in [0.2, 0.25) is 0 Å². The van der Waals surface area contributed by atoms with E-state index in [1.807, 2.05) is 26.0 Å². The number of piperidine rings is 1. The Morgan fingerprint density at radius 2 is 1.63 bits per heavy atom. The highest BCUT2D eigenvalue weighted by Gasteiger charge is 2.27. The van der Waals surface area contributed by atoms with Crippen LogP contribution in [0.2, 0.25) is 0 Å². The van der Waals surface area contributed by atoms with Crippen LogP contribution in [0.3, 0.4) is 0 Å². The maximum Gasteiger partial charge on any atom is 0.178 e. The fourth-order valence-electron chi connectivity index (χ4n) is 4.91. The maximum atomic E-state index is 9.47. The van der Waals surface area contributed by atoms with Gasteiger partial charge < -0.3 is 15.0 Å². The molecule has 2 aromatic carbocycles. The second-order valence-corrected chi connectivity index (χ2v) is 10.4. The molecule has 1 aliphatic rings. The van der Waals surface area contributed by atoms with Gasteiger partial charge in [0.1, 0.15) is 17.3 Å². The van der Waals surface area contributed by atoms with Crippen molar-refractivity contribution in [2.45, 2.75) is 50.7 Å². The monoisotopic (exact) mass is 509 g/mol. The van der Waals surface area contributed by atoms with E-state index in [2.05, 4.69) is 92.2 Å². The third kappa shape index (κ3) is 6.01. The molecule has 8 heteroatoms. The second-order valence-electron chi connectivity index (χ2n) is 10.4. The summed E-state index contributed by atoms with van der Waals surface area (Å²) >= 11 is 0. The maximum absolute atomic E-state index is 9.47. The van der Waals surface area contributed by atoms with Crippen molar-refractivity contribution in [3.05, 3.63) is 89.7 Å². The molecule has 8 nitrogen and oxygen atoms in total. The number of nitriles is 1. The van der Waals surface area contributed by atoms with Crippen LogP contribution < -0.4 is 5.32 Å². The summed E-state index contributed by atoms with van der Waals surface area (Å²) in [6.07, 6.45) is 3.30. The average Bonchev–Trinajstić information content (AvgIpc) is 3.40. The van der Waals surface area contributed by atoms with E-state index in [4.69, 9.17) is 4.74 Å². The second kappa shape index (κ2) is 11.7. The van der Waals surface area contributed by atoms with E-state index in [1.54, 1.807) is 4.52 Å². The topological polar surface area (TPSA) is 91.4 Å². The van der Waals surface area contributed by atoms with Crippen LogP contribution in [0.1, 0.15) is 56.2 Å². The summed E-state index contributed by atoms with van der Waals surface area (Å²) in [6.45, 7) is 7.57. The highest BCUT2D eigenvalue weighted by molar-refractivity contribution is 5.45. The molecule has 4 aromatic rings. The number of anilines is 1. The largest absolute Gasteiger partial charge is 0.369 e. The summed E-state index contributed by atoms with van der Waals surface area (Å²) < 4.78 is 8.35. The summed E-state index contributed by atoms with van der Waals surface area (Å²) in [4.78, 5) is 2.52. The third-order valence-corrected chi connectivity index (χ3v) is 7.13. The molecular weight excluding hydrogens is 474 g/mol. The predicted molar refractivity (Wildman–Crippen MR) is 148 cm³/mol. The van der Waals surface area contributed by atoms with Gasteiger partial charge in [0.05, 0.1) is 12.2 Å². The van der Waals surface area contributed by atoms with E-state index in [1.165, 1.54) is 11.1 Å². The number of hydrogen-bond acceptors (Lipinski definition) is 7. The number of benzene rings is 2. The number of nitrogens with zero attached hydrogens (tertiary/aromatic N) is 6. The Morgan fingerprint density at radius 3 is 2.26 bits per heavy atom. The standard InChI is InChI=1S/C30H35N7O/c1-30(2,22-31)29-34-33-27-15-14-26(35-37(27)29)32-18-9-19-36-20-16-25(17-21-36)38-28(23-10-5-3-6-11-23)24-12-7-4-8-13-24/h3-8,10-15,25,28H,9,16-21H2,1-2H3,(H,32,35). The number of aromatic nitrogens is 4. The summed E-state index contributed by atoms with van der Waals surface area (Å²) in [5.74, 6) is 1.30. The van der Waals surface area contributed by atoms with Gasteiger partial charge in [0.15, 0.2) is 11.5 Å². The summed E-state index contributed by atoms with van der Waals surface area (Å²) in [6, 6.07) is 27.1. The first-order chi connectivity index (χ1) is 18.5. The fourth-order valence-corrected chi connectivity index (χ4v) is 4.91. The fraction of sp³-hybridized carbons (Fsp3) is 0.400. The summed E-state index contributed by atoms with van der Waals surface area (Å²) in [5.41, 5.74) is 2.28. The van der Waals surface area contributed by atoms with Crippen LogP contribution in [-0.2, 0) is 10.2 Å². The lowest BCUT2D eigenvalue weighted by Gasteiger charge is -2.34. The lowest BCUT2D eigenvalue weighted by molar-refractivity contribution is -0.0269. The van der Waals surface area contributed by atoms with Crippen LogP contribution >= 0.6 is 0 Å². The molecular formula is C30H35N7O. The van der Waals surface area contributed by atoms with Crippen LogP contribution in [0.4, 0.5) is 5.82 Å². The third-order valence-electron chi connectivity index (χ3n) is 7.13. The number of hydrogen-bond donors (Lipinski definition) is 1. The van der Waals surface area contributed by atoms with E-state index in [-0.39, 0.29) is 12.2 Å². The molecule has 3 heterocycles. The van der Waals surface area contributed by atoms with Crippen LogP contribution in [0, 0.1) is 11.3 Å². The van der Waals surface area contributed by atoms with Gasteiger partial charge in [-0.15, -0.1) is 15.3 Å². The van der Waals surface area contributed by atoms with Crippen molar-refractivity contribution in [2.75, 3.05) is 31.5 Å². The van der Waals surface area contributed by atoms with E-state index in [0.717, 1.165) is 51.3 Å². The highest BCUT2D eigenvalue weighted by atomic mass is 16.5. The number of nitrogens with one attached hydrogen (secondary N) is 1. The molecule has 38 heavy (non-hydrogen) atoms. The van der Waals surface area contributed by atoms with Gasteiger partial charge in [-0.25, -0.2) is 0 Å². The van der Waals surface area contributed by atoms with Crippen molar-refractivity contribution >= 4 is 11.5 Å². The zero-order valence-electron chi connectivity index (χ0n) is 22.1. The zero-order chi connectivity index (χ0) is 26.4. The molecule has 0 radical (unpaired) electrons. The van der Waals surface area contributed by atoms with Gasteiger partial charge in [0.25, 0.3) is 0 Å². The Balaban J connectivity index is 1.10. The quantitative estimate of drug-likeness (QED) is 0.301. The van der Waals surface area contributed by atoms with Crippen LogP contribution in [-0.4, -0.2) is 57.0 Å². The van der Waals surface area contributed by atoms with Crippen molar-refractivity contribution < 1.29 is 4.74 Å². The molecule has 5 rings (SSSR count). The average molecular weight is 510 g/mol. The minimum Gasteiger partial charge on any atom is -0.369 e. The van der Waals surface area contributed by atoms with Gasteiger partial charge in [-0.1, -0.05) is 60.7 Å². The first kappa shape index (κ1) is 25.8. The van der Waals surface area contributed by atoms with Gasteiger partial charge in [-0.2, -0.15) is 9.78 Å². The number of ether oxygens (including phenoxy) is 1. The lowest BCUT2D eigenvalue weighted by atomic mass is 9.95. The minimum atomic E-state index is -0.761. The first-order valence-electron chi connectivity index (χ1n) is 13.4. The molecule has 0 bridgehead atoms. The molecule has 0 atom stereocenters. The predicted octanol–water partition coefficient (Wildman–Crippen LogP) is 5.00. The molecule has 2 aromatic heterocycles. The van der Waals surface area contributed by atoms with E-state index < -0.39 is 5.41 Å². The van der Waals surface area contributed by atoms with Gasteiger partial charge in [-0.05, 0) is 62.9 Å². The van der Waals surface area contributed by atoms with Crippen molar-refractivity contribution in [1.29, 1.82) is 5.26 Å². The number of likely N-dealkylation sites (tertiary alicyclic amines) is 1. The molecule has 1 fully saturated rings. The summed E-state index contributed by atoms with van der Waals surface area (Å²) in [5, 5.41) is 25.8. The van der Waals surface area contributed by atoms with Crippen LogP contribution in [0.5, 0.6) is 0 Å². The van der Waals surface area contributed by atoms with Crippen molar-refractivity contribution in [2.24, 2.45) is 0 Å². The Morgan fingerprint density at radius 1 is 0.974 bits per heavy atom. The smallest absolute Gasteiger partial charge is 0.178 e. The van der Waals surface area contributed by atoms with E-state index in [9.17, 15) is 5.26 Å². The molecule has 0 spiro atoms. The number of rotatable bonds is 10. The van der Waals surface area contributed by atoms with Crippen molar-refractivity contribution in [3.63, 3.8) is 0 Å². The molecule has 0 saturated carbocycles.